The quantitative estimate of drug-likeness (QED) is 0.654. The van der Waals surface area contributed by atoms with E-state index in [9.17, 15) is 18.4 Å². The molecule has 16 heavy (non-hydrogen) atoms. The summed E-state index contributed by atoms with van der Waals surface area (Å²) in [6.45, 7) is 2.16. The molecule has 0 aromatic rings. The first-order chi connectivity index (χ1) is 7.56. The Kier molecular flexibility index (Phi) is 8.61. The Balaban J connectivity index is 3.46. The molecule has 4 nitrogen and oxygen atoms in total. The number of carbonyl (C=O) groups excluding carboxylic acids is 2. The molecule has 0 fully saturated rings. The Bertz CT molecular complexity index is 222. The van der Waals surface area contributed by atoms with Gasteiger partial charge in [-0.25, -0.2) is 8.78 Å². The highest BCUT2D eigenvalue weighted by Crippen LogP contribution is 1.97. The number of amides is 1. The van der Waals surface area contributed by atoms with Crippen LogP contribution in [0, 0.1) is 0 Å². The number of rotatable bonds is 9. The average molecular weight is 237 g/mol. The van der Waals surface area contributed by atoms with E-state index in [1.165, 1.54) is 0 Å². The predicted octanol–water partition coefficient (Wildman–Crippen LogP) is 1.14. The van der Waals surface area contributed by atoms with Gasteiger partial charge in [0.25, 0.3) is 0 Å². The van der Waals surface area contributed by atoms with Gasteiger partial charge in [-0.1, -0.05) is 0 Å². The minimum atomic E-state index is -2.42. The van der Waals surface area contributed by atoms with Crippen LogP contribution in [0.3, 0.4) is 0 Å². The summed E-state index contributed by atoms with van der Waals surface area (Å²) < 4.78 is 28.3. The molecular weight excluding hydrogens is 220 g/mol. The summed E-state index contributed by atoms with van der Waals surface area (Å²) in [4.78, 5) is 22.1. The van der Waals surface area contributed by atoms with Gasteiger partial charge < -0.3 is 10.1 Å². The number of Topliss-reactive ketones (excluding diaryl/α,β-unsaturated/α-hetero) is 1. The second kappa shape index (κ2) is 9.21. The fraction of sp³-hybridized carbons (Fsp3) is 0.800. The molecule has 1 N–H and O–H groups in total. The highest BCUT2D eigenvalue weighted by atomic mass is 19.3. The first-order valence-electron chi connectivity index (χ1n) is 5.20. The number of ketones is 1. The highest BCUT2D eigenvalue weighted by Gasteiger charge is 2.08. The lowest BCUT2D eigenvalue weighted by molar-refractivity contribution is -0.127. The van der Waals surface area contributed by atoms with Crippen molar-refractivity contribution >= 4 is 11.7 Å². The molecule has 0 saturated heterocycles. The van der Waals surface area contributed by atoms with Crippen LogP contribution in [0.4, 0.5) is 8.78 Å². The van der Waals surface area contributed by atoms with Crippen LogP contribution in [-0.2, 0) is 14.3 Å². The van der Waals surface area contributed by atoms with Gasteiger partial charge in [0.05, 0.1) is 0 Å². The minimum absolute atomic E-state index is 0.000808. The Hall–Kier alpha value is -1.04. The van der Waals surface area contributed by atoms with E-state index in [0.29, 0.717) is 6.61 Å². The van der Waals surface area contributed by atoms with Crippen molar-refractivity contribution in [3.05, 3.63) is 0 Å². The number of carbonyl (C=O) groups is 2. The molecule has 0 aliphatic rings. The molecule has 1 amide bonds. The standard InChI is InChI=1S/C10H17F2NO3/c1-2-16-7-8(14)3-4-10(15)13-6-5-9(11)12/h9H,2-7H2,1H3,(H,13,15). The summed E-state index contributed by atoms with van der Waals surface area (Å²) >= 11 is 0. The third-order valence-electron chi connectivity index (χ3n) is 1.78. The SMILES string of the molecule is CCOCC(=O)CCC(=O)NCCC(F)F. The molecule has 0 aromatic heterocycles. The first kappa shape index (κ1) is 15.0. The van der Waals surface area contributed by atoms with Crippen molar-refractivity contribution in [1.29, 1.82) is 0 Å². The topological polar surface area (TPSA) is 55.4 Å². The van der Waals surface area contributed by atoms with Crippen molar-refractivity contribution < 1.29 is 23.1 Å². The maximum Gasteiger partial charge on any atom is 0.240 e. The molecular formula is C10H17F2NO3. The molecule has 0 spiro atoms. The number of nitrogens with one attached hydrogen (secondary N) is 1. The molecule has 0 aliphatic carbocycles. The van der Waals surface area contributed by atoms with Gasteiger partial charge in [0.15, 0.2) is 5.78 Å². The van der Waals surface area contributed by atoms with Crippen LogP contribution < -0.4 is 5.32 Å². The number of ether oxygens (including phenoxy) is 1. The Morgan fingerprint density at radius 1 is 1.31 bits per heavy atom. The zero-order valence-corrected chi connectivity index (χ0v) is 9.30. The number of alkyl halides is 2. The fourth-order valence-corrected chi connectivity index (χ4v) is 0.950. The first-order valence-corrected chi connectivity index (χ1v) is 5.20. The summed E-state index contributed by atoms with van der Waals surface area (Å²) in [5.74, 6) is -0.545. The maximum absolute atomic E-state index is 11.7. The van der Waals surface area contributed by atoms with Crippen molar-refractivity contribution in [3.63, 3.8) is 0 Å². The molecule has 94 valence electrons. The molecule has 0 heterocycles. The Labute approximate surface area is 93.3 Å². The van der Waals surface area contributed by atoms with Crippen molar-refractivity contribution in [1.82, 2.24) is 5.32 Å². The van der Waals surface area contributed by atoms with Crippen molar-refractivity contribution in [2.75, 3.05) is 19.8 Å². The van der Waals surface area contributed by atoms with E-state index in [0.717, 1.165) is 0 Å². The molecule has 0 aromatic carbocycles. The van der Waals surface area contributed by atoms with Gasteiger partial charge in [0, 0.05) is 32.4 Å². The third kappa shape index (κ3) is 9.51. The van der Waals surface area contributed by atoms with Gasteiger partial charge >= 0.3 is 0 Å². The van der Waals surface area contributed by atoms with Gasteiger partial charge in [0.1, 0.15) is 6.61 Å². The summed E-state index contributed by atoms with van der Waals surface area (Å²) in [6.07, 6.45) is -2.67. The maximum atomic E-state index is 11.7. The lowest BCUT2D eigenvalue weighted by Gasteiger charge is -2.04. The Morgan fingerprint density at radius 3 is 2.56 bits per heavy atom. The molecule has 6 heteroatoms. The van der Waals surface area contributed by atoms with Gasteiger partial charge in [-0.2, -0.15) is 0 Å². The largest absolute Gasteiger partial charge is 0.374 e. The van der Waals surface area contributed by atoms with Crippen LogP contribution in [0.25, 0.3) is 0 Å². The molecule has 0 aliphatic heterocycles. The summed E-state index contributed by atoms with van der Waals surface area (Å²) in [6, 6.07) is 0. The monoisotopic (exact) mass is 237 g/mol. The second-order valence-electron chi connectivity index (χ2n) is 3.21. The van der Waals surface area contributed by atoms with Crippen LogP contribution in [0.2, 0.25) is 0 Å². The van der Waals surface area contributed by atoms with Gasteiger partial charge in [-0.15, -0.1) is 0 Å². The third-order valence-corrected chi connectivity index (χ3v) is 1.78. The fourth-order valence-electron chi connectivity index (χ4n) is 0.950. The average Bonchev–Trinajstić information content (AvgIpc) is 2.23. The van der Waals surface area contributed by atoms with E-state index in [4.69, 9.17) is 4.74 Å². The van der Waals surface area contributed by atoms with Gasteiger partial charge in [-0.3, -0.25) is 9.59 Å². The van der Waals surface area contributed by atoms with E-state index in [-0.39, 0.29) is 44.1 Å². The lowest BCUT2D eigenvalue weighted by Crippen LogP contribution is -2.26. The molecule has 0 rings (SSSR count). The van der Waals surface area contributed by atoms with E-state index in [2.05, 4.69) is 5.32 Å². The van der Waals surface area contributed by atoms with E-state index in [1.807, 2.05) is 0 Å². The van der Waals surface area contributed by atoms with Crippen LogP contribution in [0.1, 0.15) is 26.2 Å². The summed E-state index contributed by atoms with van der Waals surface area (Å²) in [7, 11) is 0. The van der Waals surface area contributed by atoms with Crippen LogP contribution in [-0.4, -0.2) is 37.9 Å². The van der Waals surface area contributed by atoms with E-state index >= 15 is 0 Å². The molecule has 0 atom stereocenters. The second-order valence-corrected chi connectivity index (χ2v) is 3.21. The minimum Gasteiger partial charge on any atom is -0.374 e. The summed E-state index contributed by atoms with van der Waals surface area (Å²) in [5.41, 5.74) is 0. The zero-order valence-electron chi connectivity index (χ0n) is 9.30. The van der Waals surface area contributed by atoms with E-state index < -0.39 is 6.43 Å². The van der Waals surface area contributed by atoms with Gasteiger partial charge in [-0.05, 0) is 6.92 Å². The smallest absolute Gasteiger partial charge is 0.240 e. The molecule has 0 bridgehead atoms. The van der Waals surface area contributed by atoms with Gasteiger partial charge in [0.2, 0.25) is 12.3 Å². The zero-order chi connectivity index (χ0) is 12.4. The van der Waals surface area contributed by atoms with E-state index in [1.54, 1.807) is 6.92 Å². The highest BCUT2D eigenvalue weighted by molar-refractivity contribution is 5.85. The van der Waals surface area contributed by atoms with Crippen LogP contribution in [0.15, 0.2) is 0 Å². The predicted molar refractivity (Wildman–Crippen MR) is 54.4 cm³/mol. The Morgan fingerprint density at radius 2 is 2.00 bits per heavy atom. The normalized spacial score (nSPS) is 10.5. The van der Waals surface area contributed by atoms with Crippen LogP contribution in [0.5, 0.6) is 0 Å². The van der Waals surface area contributed by atoms with Crippen molar-refractivity contribution in [2.45, 2.75) is 32.6 Å². The van der Waals surface area contributed by atoms with Crippen molar-refractivity contribution in [3.8, 4) is 0 Å². The molecule has 0 unspecified atom stereocenters. The summed E-state index contributed by atoms with van der Waals surface area (Å²) in [5, 5.41) is 2.31. The van der Waals surface area contributed by atoms with Crippen LogP contribution >= 0.6 is 0 Å². The molecule has 0 radical (unpaired) electrons. The number of hydrogen-bond acceptors (Lipinski definition) is 3. The lowest BCUT2D eigenvalue weighted by atomic mass is 10.2. The van der Waals surface area contributed by atoms with Crippen molar-refractivity contribution in [2.24, 2.45) is 0 Å². The molecule has 0 saturated carbocycles. The number of hydrogen-bond donors (Lipinski definition) is 1. The number of halogens is 2.